The van der Waals surface area contributed by atoms with E-state index < -0.39 is 0 Å². The summed E-state index contributed by atoms with van der Waals surface area (Å²) in [7, 11) is 0. The van der Waals surface area contributed by atoms with Crippen molar-refractivity contribution in [3.05, 3.63) is 35.4 Å². The standard InChI is InChI=1S/C13H16N2O2/c1-2-12(7-8-16)15-13(17)11-5-3-10(9-14)4-6-11/h3-6,12,16H,2,7-8H2,1H3,(H,15,17). The van der Waals surface area contributed by atoms with Crippen molar-refractivity contribution in [2.45, 2.75) is 25.8 Å². The van der Waals surface area contributed by atoms with Gasteiger partial charge in [-0.25, -0.2) is 0 Å². The van der Waals surface area contributed by atoms with Crippen LogP contribution in [0.3, 0.4) is 0 Å². The van der Waals surface area contributed by atoms with Crippen LogP contribution in [0.1, 0.15) is 35.7 Å². The second kappa shape index (κ2) is 6.66. The van der Waals surface area contributed by atoms with Crippen LogP contribution < -0.4 is 5.32 Å². The molecule has 1 amide bonds. The van der Waals surface area contributed by atoms with Gasteiger partial charge in [-0.15, -0.1) is 0 Å². The molecule has 4 nitrogen and oxygen atoms in total. The first-order valence-corrected chi connectivity index (χ1v) is 5.63. The van der Waals surface area contributed by atoms with Gasteiger partial charge in [0.15, 0.2) is 0 Å². The van der Waals surface area contributed by atoms with Gasteiger partial charge in [-0.1, -0.05) is 6.92 Å². The van der Waals surface area contributed by atoms with Gasteiger partial charge in [0.1, 0.15) is 0 Å². The zero-order valence-corrected chi connectivity index (χ0v) is 9.81. The number of nitrogens with zero attached hydrogens (tertiary/aromatic N) is 1. The van der Waals surface area contributed by atoms with E-state index in [0.717, 1.165) is 6.42 Å². The molecule has 0 spiro atoms. The molecule has 4 heteroatoms. The molecule has 0 radical (unpaired) electrons. The Balaban J connectivity index is 2.66. The van der Waals surface area contributed by atoms with Gasteiger partial charge >= 0.3 is 0 Å². The van der Waals surface area contributed by atoms with Crippen molar-refractivity contribution in [3.8, 4) is 6.07 Å². The van der Waals surface area contributed by atoms with Crippen molar-refractivity contribution >= 4 is 5.91 Å². The van der Waals surface area contributed by atoms with E-state index in [1.54, 1.807) is 24.3 Å². The maximum Gasteiger partial charge on any atom is 0.251 e. The van der Waals surface area contributed by atoms with Crippen LogP contribution in [0.15, 0.2) is 24.3 Å². The van der Waals surface area contributed by atoms with E-state index in [0.29, 0.717) is 17.5 Å². The van der Waals surface area contributed by atoms with Crippen LogP contribution in [0.25, 0.3) is 0 Å². The number of benzene rings is 1. The Bertz CT molecular complexity index is 406. The lowest BCUT2D eigenvalue weighted by Gasteiger charge is -2.15. The summed E-state index contributed by atoms with van der Waals surface area (Å²) in [6, 6.07) is 8.46. The molecule has 17 heavy (non-hydrogen) atoms. The SMILES string of the molecule is CCC(CCO)NC(=O)c1ccc(C#N)cc1. The van der Waals surface area contributed by atoms with Gasteiger partial charge in [-0.05, 0) is 37.1 Å². The fourth-order valence-corrected chi connectivity index (χ4v) is 1.50. The minimum absolute atomic E-state index is 0.0110. The molecule has 0 heterocycles. The van der Waals surface area contributed by atoms with Crippen molar-refractivity contribution in [1.29, 1.82) is 5.26 Å². The number of nitriles is 1. The van der Waals surface area contributed by atoms with Gasteiger partial charge in [-0.2, -0.15) is 5.26 Å². The molecule has 1 rings (SSSR count). The van der Waals surface area contributed by atoms with Crippen LogP contribution >= 0.6 is 0 Å². The average molecular weight is 232 g/mol. The maximum absolute atomic E-state index is 11.8. The lowest BCUT2D eigenvalue weighted by atomic mass is 10.1. The summed E-state index contributed by atoms with van der Waals surface area (Å²) in [4.78, 5) is 11.8. The molecule has 0 aliphatic carbocycles. The Hall–Kier alpha value is -1.86. The van der Waals surface area contributed by atoms with E-state index in [9.17, 15) is 4.79 Å². The number of aliphatic hydroxyl groups excluding tert-OH is 1. The van der Waals surface area contributed by atoms with E-state index in [1.165, 1.54) is 0 Å². The molecular formula is C13H16N2O2. The Labute approximate surface area is 101 Å². The molecule has 0 fully saturated rings. The summed E-state index contributed by atoms with van der Waals surface area (Å²) in [6.45, 7) is 2.02. The van der Waals surface area contributed by atoms with Gasteiger partial charge in [0.2, 0.25) is 0 Å². The Morgan fingerprint density at radius 3 is 2.59 bits per heavy atom. The Morgan fingerprint density at radius 2 is 2.12 bits per heavy atom. The maximum atomic E-state index is 11.8. The molecule has 0 aromatic heterocycles. The third-order valence-corrected chi connectivity index (χ3v) is 2.58. The van der Waals surface area contributed by atoms with E-state index in [4.69, 9.17) is 10.4 Å². The number of hydrogen-bond acceptors (Lipinski definition) is 3. The van der Waals surface area contributed by atoms with Gasteiger partial charge in [0.25, 0.3) is 5.91 Å². The van der Waals surface area contributed by atoms with E-state index in [1.807, 2.05) is 13.0 Å². The third kappa shape index (κ3) is 3.89. The largest absolute Gasteiger partial charge is 0.396 e. The summed E-state index contributed by atoms with van der Waals surface area (Å²) in [6.07, 6.45) is 1.33. The minimum Gasteiger partial charge on any atom is -0.396 e. The number of carbonyl (C=O) groups is 1. The molecule has 1 atom stereocenters. The van der Waals surface area contributed by atoms with Crippen LogP contribution in [-0.2, 0) is 0 Å². The van der Waals surface area contributed by atoms with Crippen LogP contribution in [0.5, 0.6) is 0 Å². The van der Waals surface area contributed by atoms with Crippen molar-refractivity contribution in [1.82, 2.24) is 5.32 Å². The zero-order valence-electron chi connectivity index (χ0n) is 9.81. The first-order chi connectivity index (χ1) is 8.21. The molecule has 0 aliphatic heterocycles. The zero-order chi connectivity index (χ0) is 12.7. The molecule has 0 aliphatic rings. The van der Waals surface area contributed by atoms with Crippen molar-refractivity contribution in [2.75, 3.05) is 6.61 Å². The average Bonchev–Trinajstić information content (AvgIpc) is 2.38. The Morgan fingerprint density at radius 1 is 1.47 bits per heavy atom. The van der Waals surface area contributed by atoms with E-state index in [2.05, 4.69) is 5.32 Å². The Kier molecular flexibility index (Phi) is 5.18. The molecular weight excluding hydrogens is 216 g/mol. The highest BCUT2D eigenvalue weighted by Gasteiger charge is 2.11. The summed E-state index contributed by atoms with van der Waals surface area (Å²) in [5.41, 5.74) is 1.06. The molecule has 90 valence electrons. The summed E-state index contributed by atoms with van der Waals surface area (Å²) in [5, 5.41) is 20.3. The first kappa shape index (κ1) is 13.2. The highest BCUT2D eigenvalue weighted by atomic mass is 16.3. The van der Waals surface area contributed by atoms with Crippen LogP contribution in [0.2, 0.25) is 0 Å². The summed E-state index contributed by atoms with van der Waals surface area (Å²) >= 11 is 0. The fourth-order valence-electron chi connectivity index (χ4n) is 1.50. The normalized spacial score (nSPS) is 11.6. The van der Waals surface area contributed by atoms with E-state index in [-0.39, 0.29) is 18.6 Å². The summed E-state index contributed by atoms with van der Waals surface area (Å²) in [5.74, 6) is -0.171. The minimum atomic E-state index is -0.171. The number of rotatable bonds is 5. The molecule has 1 unspecified atom stereocenters. The quantitative estimate of drug-likeness (QED) is 0.807. The molecule has 0 saturated carbocycles. The van der Waals surface area contributed by atoms with Crippen LogP contribution in [0, 0.1) is 11.3 Å². The molecule has 0 bridgehead atoms. The van der Waals surface area contributed by atoms with Crippen molar-refractivity contribution < 1.29 is 9.90 Å². The smallest absolute Gasteiger partial charge is 0.251 e. The topological polar surface area (TPSA) is 73.1 Å². The highest BCUT2D eigenvalue weighted by molar-refractivity contribution is 5.94. The number of aliphatic hydroxyl groups is 1. The molecule has 0 saturated heterocycles. The first-order valence-electron chi connectivity index (χ1n) is 5.63. The highest BCUT2D eigenvalue weighted by Crippen LogP contribution is 2.05. The molecule has 1 aromatic carbocycles. The summed E-state index contributed by atoms with van der Waals surface area (Å²) < 4.78 is 0. The van der Waals surface area contributed by atoms with Gasteiger partial charge < -0.3 is 10.4 Å². The molecule has 2 N–H and O–H groups in total. The van der Waals surface area contributed by atoms with Crippen LogP contribution in [0.4, 0.5) is 0 Å². The molecule has 1 aromatic rings. The van der Waals surface area contributed by atoms with Gasteiger partial charge in [0, 0.05) is 18.2 Å². The fraction of sp³-hybridized carbons (Fsp3) is 0.385. The van der Waals surface area contributed by atoms with Crippen molar-refractivity contribution in [3.63, 3.8) is 0 Å². The second-order valence-electron chi connectivity index (χ2n) is 3.78. The van der Waals surface area contributed by atoms with Crippen LogP contribution in [-0.4, -0.2) is 23.7 Å². The lowest BCUT2D eigenvalue weighted by Crippen LogP contribution is -2.35. The number of nitrogens with one attached hydrogen (secondary N) is 1. The monoisotopic (exact) mass is 232 g/mol. The number of carbonyl (C=O) groups excluding carboxylic acids is 1. The van der Waals surface area contributed by atoms with E-state index >= 15 is 0 Å². The van der Waals surface area contributed by atoms with Gasteiger partial charge in [0.05, 0.1) is 11.6 Å². The lowest BCUT2D eigenvalue weighted by molar-refractivity contribution is 0.0929. The number of hydrogen-bond donors (Lipinski definition) is 2. The third-order valence-electron chi connectivity index (χ3n) is 2.58. The predicted molar refractivity (Wildman–Crippen MR) is 64.4 cm³/mol. The number of amides is 1. The van der Waals surface area contributed by atoms with Crippen molar-refractivity contribution in [2.24, 2.45) is 0 Å². The second-order valence-corrected chi connectivity index (χ2v) is 3.78. The van der Waals surface area contributed by atoms with Gasteiger partial charge in [-0.3, -0.25) is 4.79 Å². The predicted octanol–water partition coefficient (Wildman–Crippen LogP) is 1.45.